The Labute approximate surface area is 132 Å². The molecule has 2 saturated carbocycles. The fourth-order valence-corrected chi connectivity index (χ4v) is 4.33. The maximum Gasteiger partial charge on any atom is 0.303 e. The van der Waals surface area contributed by atoms with Gasteiger partial charge in [-0.25, -0.2) is 0 Å². The predicted molar refractivity (Wildman–Crippen MR) is 83.4 cm³/mol. The Morgan fingerprint density at radius 3 is 2.86 bits per heavy atom. The molecule has 0 radical (unpaired) electrons. The second kappa shape index (κ2) is 6.71. The Bertz CT molecular complexity index is 433. The number of fused-ring (bicyclic) bond motifs is 1. The lowest BCUT2D eigenvalue weighted by Crippen LogP contribution is -2.19. The summed E-state index contributed by atoms with van der Waals surface area (Å²) in [6, 6.07) is 0. The number of epoxide rings is 1. The molecule has 1 saturated heterocycles. The van der Waals surface area contributed by atoms with Crippen molar-refractivity contribution < 1.29 is 19.7 Å². The average molecular weight is 308 g/mol. The number of aliphatic hydroxyl groups excluding tert-OH is 1. The van der Waals surface area contributed by atoms with Gasteiger partial charge in [0.15, 0.2) is 0 Å². The molecule has 124 valence electrons. The predicted octanol–water partition coefficient (Wildman–Crippen LogP) is 3.00. The molecule has 4 nitrogen and oxygen atoms in total. The minimum atomic E-state index is -0.705. The zero-order chi connectivity index (χ0) is 15.7. The van der Waals surface area contributed by atoms with E-state index in [9.17, 15) is 9.90 Å². The van der Waals surface area contributed by atoms with E-state index in [1.807, 2.05) is 0 Å². The summed E-state index contributed by atoms with van der Waals surface area (Å²) in [4.78, 5) is 10.5. The standard InChI is InChI=1S/C18H28O4/c1-2-15(19)14-9-12(14)13-10-16-18(22-16)11(13)7-5-3-4-6-8-17(20)21/h5,7,11-16,18-19H,2-4,6,8-10H2,1H3,(H,20,21)/b7-5-/t11-,12-,13+,14+,15-,16-,18+/m0/s1. The molecule has 4 heteroatoms. The Balaban J connectivity index is 1.44. The molecule has 2 N–H and O–H groups in total. The van der Waals surface area contributed by atoms with Gasteiger partial charge in [0.05, 0.1) is 18.3 Å². The lowest BCUT2D eigenvalue weighted by Gasteiger charge is -2.20. The van der Waals surface area contributed by atoms with Crippen molar-refractivity contribution >= 4 is 5.97 Å². The van der Waals surface area contributed by atoms with Crippen LogP contribution in [0.4, 0.5) is 0 Å². The van der Waals surface area contributed by atoms with Crippen LogP contribution in [0.5, 0.6) is 0 Å². The number of aliphatic hydroxyl groups is 1. The van der Waals surface area contributed by atoms with Gasteiger partial charge in [-0.1, -0.05) is 19.1 Å². The monoisotopic (exact) mass is 308 g/mol. The molecule has 1 aliphatic heterocycles. The number of hydrogen-bond acceptors (Lipinski definition) is 3. The van der Waals surface area contributed by atoms with Crippen LogP contribution in [0.25, 0.3) is 0 Å². The molecule has 22 heavy (non-hydrogen) atoms. The molecular weight excluding hydrogens is 280 g/mol. The smallest absolute Gasteiger partial charge is 0.303 e. The second-order valence-electron chi connectivity index (χ2n) is 7.22. The van der Waals surface area contributed by atoms with Crippen LogP contribution in [0, 0.1) is 23.7 Å². The Morgan fingerprint density at radius 2 is 2.14 bits per heavy atom. The van der Waals surface area contributed by atoms with Gasteiger partial charge in [0.1, 0.15) is 0 Å². The molecule has 0 bridgehead atoms. The van der Waals surface area contributed by atoms with E-state index in [1.165, 1.54) is 6.42 Å². The summed E-state index contributed by atoms with van der Waals surface area (Å²) in [5, 5.41) is 18.6. The molecule has 0 unspecified atom stereocenters. The number of rotatable bonds is 9. The molecule has 3 fully saturated rings. The fraction of sp³-hybridized carbons (Fsp3) is 0.833. The number of carbonyl (C=O) groups is 1. The van der Waals surface area contributed by atoms with Gasteiger partial charge < -0.3 is 14.9 Å². The highest BCUT2D eigenvalue weighted by molar-refractivity contribution is 5.66. The zero-order valence-electron chi connectivity index (χ0n) is 13.4. The van der Waals surface area contributed by atoms with Crippen molar-refractivity contribution in [2.45, 2.75) is 70.2 Å². The van der Waals surface area contributed by atoms with Crippen LogP contribution < -0.4 is 0 Å². The van der Waals surface area contributed by atoms with Crippen LogP contribution in [0.2, 0.25) is 0 Å². The molecule has 0 amide bonds. The minimum Gasteiger partial charge on any atom is -0.481 e. The largest absolute Gasteiger partial charge is 0.481 e. The first kappa shape index (κ1) is 16.0. The first-order chi connectivity index (χ1) is 10.6. The van der Waals surface area contributed by atoms with E-state index in [-0.39, 0.29) is 12.5 Å². The third-order valence-corrected chi connectivity index (χ3v) is 5.72. The van der Waals surface area contributed by atoms with Crippen LogP contribution in [-0.4, -0.2) is 34.5 Å². The summed E-state index contributed by atoms with van der Waals surface area (Å²) in [6.45, 7) is 2.06. The maximum atomic E-state index is 10.5. The number of hydrogen-bond donors (Lipinski definition) is 2. The highest BCUT2D eigenvalue weighted by Crippen LogP contribution is 2.59. The summed E-state index contributed by atoms with van der Waals surface area (Å²) >= 11 is 0. The Morgan fingerprint density at radius 1 is 1.32 bits per heavy atom. The van der Waals surface area contributed by atoms with Crippen molar-refractivity contribution in [3.8, 4) is 0 Å². The summed E-state index contributed by atoms with van der Waals surface area (Å²) in [5.74, 6) is 1.70. The van der Waals surface area contributed by atoms with E-state index in [2.05, 4.69) is 19.1 Å². The molecule has 0 aromatic rings. The number of aliphatic carboxylic acids is 1. The molecular formula is C18H28O4. The van der Waals surface area contributed by atoms with Crippen molar-refractivity contribution in [2.75, 3.05) is 0 Å². The van der Waals surface area contributed by atoms with Gasteiger partial charge in [-0.2, -0.15) is 0 Å². The van der Waals surface area contributed by atoms with Crippen LogP contribution >= 0.6 is 0 Å². The van der Waals surface area contributed by atoms with E-state index in [4.69, 9.17) is 9.84 Å². The zero-order valence-corrected chi connectivity index (χ0v) is 13.4. The Kier molecular flexibility index (Phi) is 4.88. The van der Waals surface area contributed by atoms with Crippen molar-refractivity contribution in [2.24, 2.45) is 23.7 Å². The molecule has 7 atom stereocenters. The SMILES string of the molecule is CC[C@H](O)[C@@H]1C[C@H]1[C@@H]1C[C@@H]2O[C@@H]2[C@H]1/C=C\CCCCC(=O)O. The normalized spacial score (nSPS) is 40.6. The van der Waals surface area contributed by atoms with Crippen LogP contribution in [-0.2, 0) is 9.53 Å². The lowest BCUT2D eigenvalue weighted by atomic mass is 9.88. The summed E-state index contributed by atoms with van der Waals surface area (Å²) < 4.78 is 5.71. The fourth-order valence-electron chi connectivity index (χ4n) is 4.33. The topological polar surface area (TPSA) is 70.1 Å². The van der Waals surface area contributed by atoms with Crippen molar-refractivity contribution in [3.63, 3.8) is 0 Å². The van der Waals surface area contributed by atoms with Gasteiger partial charge in [0.2, 0.25) is 0 Å². The first-order valence-electron chi connectivity index (χ1n) is 8.83. The number of carboxylic acids is 1. The highest BCUT2D eigenvalue weighted by Gasteiger charge is 2.60. The number of carboxylic acid groups (broad SMARTS) is 1. The van der Waals surface area contributed by atoms with Gasteiger partial charge in [-0.05, 0) is 56.3 Å². The van der Waals surface area contributed by atoms with Gasteiger partial charge >= 0.3 is 5.97 Å². The second-order valence-corrected chi connectivity index (χ2v) is 7.22. The quantitative estimate of drug-likeness (QED) is 0.390. The van der Waals surface area contributed by atoms with Gasteiger partial charge in [-0.15, -0.1) is 0 Å². The third kappa shape index (κ3) is 3.54. The van der Waals surface area contributed by atoms with Crippen LogP contribution in [0.3, 0.4) is 0 Å². The minimum absolute atomic E-state index is 0.122. The highest BCUT2D eigenvalue weighted by atomic mass is 16.6. The molecule has 0 spiro atoms. The number of ether oxygens (including phenoxy) is 1. The van der Waals surface area contributed by atoms with Gasteiger partial charge in [0, 0.05) is 12.3 Å². The van der Waals surface area contributed by atoms with E-state index in [1.54, 1.807) is 0 Å². The summed E-state index contributed by atoms with van der Waals surface area (Å²) in [7, 11) is 0. The molecule has 3 aliphatic rings. The van der Waals surface area contributed by atoms with Crippen LogP contribution in [0.15, 0.2) is 12.2 Å². The van der Waals surface area contributed by atoms with Gasteiger partial charge in [0.25, 0.3) is 0 Å². The van der Waals surface area contributed by atoms with Crippen LogP contribution in [0.1, 0.15) is 51.9 Å². The molecule has 3 rings (SSSR count). The molecule has 0 aromatic heterocycles. The van der Waals surface area contributed by atoms with E-state index in [0.717, 1.165) is 32.1 Å². The summed E-state index contributed by atoms with van der Waals surface area (Å²) in [5.41, 5.74) is 0. The lowest BCUT2D eigenvalue weighted by molar-refractivity contribution is -0.137. The van der Waals surface area contributed by atoms with E-state index < -0.39 is 5.97 Å². The average Bonchev–Trinajstić information content (AvgIpc) is 3.39. The van der Waals surface area contributed by atoms with E-state index in [0.29, 0.717) is 35.9 Å². The Hall–Kier alpha value is -0.870. The molecule has 1 heterocycles. The van der Waals surface area contributed by atoms with E-state index >= 15 is 0 Å². The third-order valence-electron chi connectivity index (χ3n) is 5.72. The number of unbranched alkanes of at least 4 members (excludes halogenated alkanes) is 2. The van der Waals surface area contributed by atoms with Crippen molar-refractivity contribution in [1.29, 1.82) is 0 Å². The molecule has 0 aromatic carbocycles. The van der Waals surface area contributed by atoms with Gasteiger partial charge in [-0.3, -0.25) is 4.79 Å². The van der Waals surface area contributed by atoms with Crippen molar-refractivity contribution in [3.05, 3.63) is 12.2 Å². The number of allylic oxidation sites excluding steroid dienone is 1. The first-order valence-corrected chi connectivity index (χ1v) is 8.83. The maximum absolute atomic E-state index is 10.5. The van der Waals surface area contributed by atoms with Crippen molar-refractivity contribution in [1.82, 2.24) is 0 Å². The molecule has 2 aliphatic carbocycles. The summed E-state index contributed by atoms with van der Waals surface area (Å²) in [6.07, 6.45) is 11.4.